The number of aromatic nitrogens is 3. The summed E-state index contributed by atoms with van der Waals surface area (Å²) in [5.74, 6) is 0.984. The maximum Gasteiger partial charge on any atom is 0.220 e. The van der Waals surface area contributed by atoms with Crippen molar-refractivity contribution in [2.45, 2.75) is 26.9 Å². The zero-order valence-electron chi connectivity index (χ0n) is 10.7. The van der Waals surface area contributed by atoms with Crippen molar-refractivity contribution in [1.29, 1.82) is 0 Å². The first-order valence-corrected chi connectivity index (χ1v) is 5.78. The van der Waals surface area contributed by atoms with Crippen LogP contribution in [-0.4, -0.2) is 21.1 Å². The van der Waals surface area contributed by atoms with Crippen LogP contribution in [0.2, 0.25) is 0 Å². The van der Waals surface area contributed by atoms with Crippen molar-refractivity contribution in [2.24, 2.45) is 0 Å². The number of hydrogen-bond acceptors (Lipinski definition) is 5. The van der Waals surface area contributed by atoms with E-state index >= 15 is 0 Å². The second-order valence-electron chi connectivity index (χ2n) is 4.33. The SMILES string of the molecule is Cc1cc(-c2cncc(OC(C)C)c2)nc(N)n1. The zero-order chi connectivity index (χ0) is 13.1. The van der Waals surface area contributed by atoms with Crippen LogP contribution in [0.25, 0.3) is 11.3 Å². The molecular formula is C13H16N4O. The van der Waals surface area contributed by atoms with Crippen LogP contribution in [-0.2, 0) is 0 Å². The Bertz CT molecular complexity index is 534. The second kappa shape index (κ2) is 5.00. The van der Waals surface area contributed by atoms with E-state index in [4.69, 9.17) is 10.5 Å². The molecule has 2 aromatic rings. The van der Waals surface area contributed by atoms with Crippen LogP contribution in [0, 0.1) is 6.92 Å². The largest absolute Gasteiger partial charge is 0.489 e. The lowest BCUT2D eigenvalue weighted by molar-refractivity contribution is 0.241. The molecule has 2 aromatic heterocycles. The lowest BCUT2D eigenvalue weighted by Gasteiger charge is -2.10. The summed E-state index contributed by atoms with van der Waals surface area (Å²) in [6, 6.07) is 3.76. The van der Waals surface area contributed by atoms with Gasteiger partial charge in [0.05, 0.1) is 18.0 Å². The van der Waals surface area contributed by atoms with Crippen LogP contribution < -0.4 is 10.5 Å². The first-order valence-electron chi connectivity index (χ1n) is 5.78. The minimum absolute atomic E-state index is 0.110. The van der Waals surface area contributed by atoms with E-state index in [2.05, 4.69) is 15.0 Å². The van der Waals surface area contributed by atoms with Crippen molar-refractivity contribution in [3.63, 3.8) is 0 Å². The highest BCUT2D eigenvalue weighted by molar-refractivity contribution is 5.61. The maximum absolute atomic E-state index is 5.64. The predicted molar refractivity (Wildman–Crippen MR) is 70.2 cm³/mol. The summed E-state index contributed by atoms with van der Waals surface area (Å²) < 4.78 is 5.60. The molecule has 0 saturated carbocycles. The van der Waals surface area contributed by atoms with Gasteiger partial charge in [0, 0.05) is 17.5 Å². The molecule has 0 bridgehead atoms. The predicted octanol–water partition coefficient (Wildman–Crippen LogP) is 2.22. The molecule has 18 heavy (non-hydrogen) atoms. The highest BCUT2D eigenvalue weighted by Gasteiger charge is 2.06. The van der Waals surface area contributed by atoms with Crippen molar-refractivity contribution in [3.8, 4) is 17.0 Å². The van der Waals surface area contributed by atoms with Crippen molar-refractivity contribution >= 4 is 5.95 Å². The number of aryl methyl sites for hydroxylation is 1. The van der Waals surface area contributed by atoms with Crippen LogP contribution in [0.3, 0.4) is 0 Å². The van der Waals surface area contributed by atoms with Crippen LogP contribution in [0.5, 0.6) is 5.75 Å². The van der Waals surface area contributed by atoms with Gasteiger partial charge < -0.3 is 10.5 Å². The lowest BCUT2D eigenvalue weighted by atomic mass is 10.2. The van der Waals surface area contributed by atoms with Crippen molar-refractivity contribution in [2.75, 3.05) is 5.73 Å². The van der Waals surface area contributed by atoms with Crippen LogP contribution in [0.1, 0.15) is 19.5 Å². The summed E-state index contributed by atoms with van der Waals surface area (Å²) in [5, 5.41) is 0. The van der Waals surface area contributed by atoms with Gasteiger partial charge in [0.25, 0.3) is 0 Å². The zero-order valence-corrected chi connectivity index (χ0v) is 10.7. The van der Waals surface area contributed by atoms with E-state index in [-0.39, 0.29) is 12.1 Å². The van der Waals surface area contributed by atoms with Crippen molar-refractivity contribution in [1.82, 2.24) is 15.0 Å². The lowest BCUT2D eigenvalue weighted by Crippen LogP contribution is -2.06. The number of nitrogens with zero attached hydrogens (tertiary/aromatic N) is 3. The second-order valence-corrected chi connectivity index (χ2v) is 4.33. The van der Waals surface area contributed by atoms with Crippen molar-refractivity contribution in [3.05, 3.63) is 30.2 Å². The fraction of sp³-hybridized carbons (Fsp3) is 0.308. The van der Waals surface area contributed by atoms with Crippen LogP contribution >= 0.6 is 0 Å². The molecule has 0 atom stereocenters. The first kappa shape index (κ1) is 12.3. The Morgan fingerprint density at radius 3 is 2.61 bits per heavy atom. The summed E-state index contributed by atoms with van der Waals surface area (Å²) >= 11 is 0. The van der Waals surface area contributed by atoms with E-state index in [1.807, 2.05) is 32.9 Å². The fourth-order valence-corrected chi connectivity index (χ4v) is 1.63. The number of rotatable bonds is 3. The summed E-state index contributed by atoms with van der Waals surface area (Å²) in [6.07, 6.45) is 3.52. The molecule has 5 nitrogen and oxygen atoms in total. The highest BCUT2D eigenvalue weighted by Crippen LogP contribution is 2.22. The van der Waals surface area contributed by atoms with Crippen LogP contribution in [0.4, 0.5) is 5.95 Å². The molecule has 0 unspecified atom stereocenters. The molecule has 2 heterocycles. The molecule has 2 rings (SSSR count). The van der Waals surface area contributed by atoms with Gasteiger partial charge in [0.1, 0.15) is 5.75 Å². The molecule has 0 saturated heterocycles. The van der Waals surface area contributed by atoms with Gasteiger partial charge in [-0.2, -0.15) is 0 Å². The van der Waals surface area contributed by atoms with Crippen molar-refractivity contribution < 1.29 is 4.74 Å². The Kier molecular flexibility index (Phi) is 3.41. The Hall–Kier alpha value is -2.17. The Morgan fingerprint density at radius 1 is 1.17 bits per heavy atom. The standard InChI is InChI=1S/C13H16N4O/c1-8(2)18-11-5-10(6-15-7-11)12-4-9(3)16-13(14)17-12/h4-8H,1-3H3,(H2,14,16,17). The molecule has 5 heteroatoms. The van der Waals surface area contributed by atoms with Gasteiger partial charge >= 0.3 is 0 Å². The quantitative estimate of drug-likeness (QED) is 0.896. The third-order valence-electron chi connectivity index (χ3n) is 2.25. The fourth-order valence-electron chi connectivity index (χ4n) is 1.63. The number of pyridine rings is 1. The molecular weight excluding hydrogens is 228 g/mol. The summed E-state index contributed by atoms with van der Waals surface area (Å²) in [6.45, 7) is 5.82. The average molecular weight is 244 g/mol. The molecule has 0 aliphatic rings. The topological polar surface area (TPSA) is 73.9 Å². The minimum Gasteiger partial charge on any atom is -0.489 e. The molecule has 0 aliphatic heterocycles. The summed E-state index contributed by atoms with van der Waals surface area (Å²) in [5.41, 5.74) is 8.09. The monoisotopic (exact) mass is 244 g/mol. The smallest absolute Gasteiger partial charge is 0.220 e. The van der Waals surface area contributed by atoms with E-state index in [0.29, 0.717) is 0 Å². The van der Waals surface area contributed by atoms with E-state index in [1.54, 1.807) is 12.4 Å². The summed E-state index contributed by atoms with van der Waals surface area (Å²) in [7, 11) is 0. The molecule has 2 N–H and O–H groups in total. The Balaban J connectivity index is 2.38. The average Bonchev–Trinajstić information content (AvgIpc) is 2.27. The van der Waals surface area contributed by atoms with Crippen LogP contribution in [0.15, 0.2) is 24.5 Å². The Labute approximate surface area is 106 Å². The molecule has 94 valence electrons. The van der Waals surface area contributed by atoms with E-state index in [9.17, 15) is 0 Å². The maximum atomic E-state index is 5.64. The molecule has 0 aromatic carbocycles. The Morgan fingerprint density at radius 2 is 1.94 bits per heavy atom. The van der Waals surface area contributed by atoms with Gasteiger partial charge in [0.2, 0.25) is 5.95 Å². The van der Waals surface area contributed by atoms with E-state index < -0.39 is 0 Å². The third kappa shape index (κ3) is 2.94. The summed E-state index contributed by atoms with van der Waals surface area (Å²) in [4.78, 5) is 12.4. The number of anilines is 1. The number of hydrogen-bond donors (Lipinski definition) is 1. The van der Waals surface area contributed by atoms with Gasteiger partial charge in [-0.05, 0) is 32.9 Å². The third-order valence-corrected chi connectivity index (χ3v) is 2.25. The molecule has 0 radical (unpaired) electrons. The number of nitrogen functional groups attached to an aromatic ring is 1. The number of ether oxygens (including phenoxy) is 1. The van der Waals surface area contributed by atoms with Gasteiger partial charge in [0.15, 0.2) is 0 Å². The first-order chi connectivity index (χ1) is 8.54. The van der Waals surface area contributed by atoms with E-state index in [0.717, 1.165) is 22.7 Å². The number of nitrogens with two attached hydrogens (primary N) is 1. The molecule has 0 aliphatic carbocycles. The van der Waals surface area contributed by atoms with Gasteiger partial charge in [-0.15, -0.1) is 0 Å². The molecule has 0 fully saturated rings. The van der Waals surface area contributed by atoms with E-state index in [1.165, 1.54) is 0 Å². The molecule has 0 spiro atoms. The minimum atomic E-state index is 0.110. The van der Waals surface area contributed by atoms with Gasteiger partial charge in [-0.25, -0.2) is 9.97 Å². The normalized spacial score (nSPS) is 10.7. The molecule has 0 amide bonds. The van der Waals surface area contributed by atoms with Gasteiger partial charge in [-0.1, -0.05) is 0 Å². The highest BCUT2D eigenvalue weighted by atomic mass is 16.5. The van der Waals surface area contributed by atoms with Gasteiger partial charge in [-0.3, -0.25) is 4.98 Å².